The second-order valence-corrected chi connectivity index (χ2v) is 6.22. The average Bonchev–Trinajstić information content (AvgIpc) is 3.32. The minimum Gasteiger partial charge on any atom is -0.364 e. The van der Waals surface area contributed by atoms with Gasteiger partial charge in [-0.2, -0.15) is 5.10 Å². The highest BCUT2D eigenvalue weighted by Crippen LogP contribution is 2.29. The minimum atomic E-state index is -0.0627. The van der Waals surface area contributed by atoms with Crippen molar-refractivity contribution in [1.29, 1.82) is 0 Å². The Hall–Kier alpha value is -2.74. The van der Waals surface area contributed by atoms with E-state index in [1.807, 2.05) is 31.2 Å². The van der Waals surface area contributed by atoms with Crippen molar-refractivity contribution in [3.05, 3.63) is 41.7 Å². The second kappa shape index (κ2) is 6.64. The summed E-state index contributed by atoms with van der Waals surface area (Å²) in [5.41, 5.74) is 1.86. The van der Waals surface area contributed by atoms with Gasteiger partial charge in [0.1, 0.15) is 24.9 Å². The number of H-pyrrole nitrogens is 2. The Morgan fingerprint density at radius 3 is 3.04 bits per heavy atom. The molecule has 1 unspecified atom stereocenters. The standard InChI is InChI=1S/C17H20N6O2/c1-11-18-17(22-21-11)14-7-4-8-23(14)16(24)10-25-9-15-19-12-5-2-3-6-13(12)20-15/h2-3,5-6,14H,4,7-10H2,1H3,(H,19,20)(H,18,21,22). The summed E-state index contributed by atoms with van der Waals surface area (Å²) in [4.78, 5) is 26.3. The Kier molecular flexibility index (Phi) is 4.19. The Bertz CT molecular complexity index is 853. The first-order chi connectivity index (χ1) is 12.2. The van der Waals surface area contributed by atoms with Gasteiger partial charge in [-0.3, -0.25) is 9.89 Å². The number of hydrogen-bond acceptors (Lipinski definition) is 5. The highest BCUT2D eigenvalue weighted by molar-refractivity contribution is 5.78. The normalized spacial score (nSPS) is 17.5. The molecule has 1 aliphatic rings. The summed E-state index contributed by atoms with van der Waals surface area (Å²) < 4.78 is 5.58. The summed E-state index contributed by atoms with van der Waals surface area (Å²) in [5, 5.41) is 7.04. The van der Waals surface area contributed by atoms with E-state index in [9.17, 15) is 4.79 Å². The van der Waals surface area contributed by atoms with Crippen LogP contribution in [0.15, 0.2) is 24.3 Å². The first-order valence-corrected chi connectivity index (χ1v) is 8.40. The molecule has 0 radical (unpaired) electrons. The smallest absolute Gasteiger partial charge is 0.249 e. The molecule has 1 saturated heterocycles. The fourth-order valence-corrected chi connectivity index (χ4v) is 3.23. The van der Waals surface area contributed by atoms with Crippen LogP contribution in [-0.2, 0) is 16.1 Å². The van der Waals surface area contributed by atoms with E-state index in [1.54, 1.807) is 4.90 Å². The highest BCUT2D eigenvalue weighted by atomic mass is 16.5. The fraction of sp³-hybridized carbons (Fsp3) is 0.412. The maximum atomic E-state index is 12.5. The van der Waals surface area contributed by atoms with Crippen LogP contribution in [-0.4, -0.2) is 49.1 Å². The van der Waals surface area contributed by atoms with Crippen LogP contribution in [0, 0.1) is 6.92 Å². The van der Waals surface area contributed by atoms with Gasteiger partial charge < -0.3 is 14.6 Å². The molecule has 0 bridgehead atoms. The van der Waals surface area contributed by atoms with E-state index in [0.29, 0.717) is 12.4 Å². The molecule has 2 aromatic heterocycles. The molecular weight excluding hydrogens is 320 g/mol. The molecule has 4 rings (SSSR count). The molecule has 0 saturated carbocycles. The predicted molar refractivity (Wildman–Crippen MR) is 90.6 cm³/mol. The number of carbonyl (C=O) groups is 1. The van der Waals surface area contributed by atoms with Crippen molar-refractivity contribution < 1.29 is 9.53 Å². The van der Waals surface area contributed by atoms with Crippen LogP contribution in [0.1, 0.15) is 36.4 Å². The van der Waals surface area contributed by atoms with Crippen LogP contribution >= 0.6 is 0 Å². The third-order valence-electron chi connectivity index (χ3n) is 4.39. The Morgan fingerprint density at radius 1 is 1.36 bits per heavy atom. The third-order valence-corrected chi connectivity index (χ3v) is 4.39. The highest BCUT2D eigenvalue weighted by Gasteiger charge is 2.32. The van der Waals surface area contributed by atoms with Crippen molar-refractivity contribution >= 4 is 16.9 Å². The number of carbonyl (C=O) groups excluding carboxylic acids is 1. The van der Waals surface area contributed by atoms with E-state index in [-0.39, 0.29) is 25.2 Å². The van der Waals surface area contributed by atoms with Gasteiger partial charge in [0, 0.05) is 6.54 Å². The molecule has 8 nitrogen and oxygen atoms in total. The lowest BCUT2D eigenvalue weighted by Crippen LogP contribution is -2.34. The van der Waals surface area contributed by atoms with Crippen molar-refractivity contribution in [3.63, 3.8) is 0 Å². The third kappa shape index (κ3) is 3.25. The van der Waals surface area contributed by atoms with Gasteiger partial charge >= 0.3 is 0 Å². The van der Waals surface area contributed by atoms with Crippen LogP contribution < -0.4 is 0 Å². The number of aromatic amines is 2. The van der Waals surface area contributed by atoms with Crippen molar-refractivity contribution in [2.75, 3.05) is 13.2 Å². The van der Waals surface area contributed by atoms with Gasteiger partial charge in [-0.1, -0.05) is 12.1 Å². The van der Waals surface area contributed by atoms with Crippen LogP contribution in [0.3, 0.4) is 0 Å². The summed E-state index contributed by atoms with van der Waals surface area (Å²) in [7, 11) is 0. The molecular formula is C17H20N6O2. The number of benzene rings is 1. The van der Waals surface area contributed by atoms with Gasteiger partial charge in [0.25, 0.3) is 0 Å². The van der Waals surface area contributed by atoms with Crippen molar-refractivity contribution in [2.24, 2.45) is 0 Å². The Labute approximate surface area is 144 Å². The number of nitrogens with one attached hydrogen (secondary N) is 2. The lowest BCUT2D eigenvalue weighted by Gasteiger charge is -2.22. The van der Waals surface area contributed by atoms with Crippen LogP contribution in [0.4, 0.5) is 0 Å². The summed E-state index contributed by atoms with van der Waals surface area (Å²) >= 11 is 0. The second-order valence-electron chi connectivity index (χ2n) is 6.22. The molecule has 25 heavy (non-hydrogen) atoms. The zero-order chi connectivity index (χ0) is 17.2. The number of para-hydroxylation sites is 2. The summed E-state index contributed by atoms with van der Waals surface area (Å²) in [6.07, 6.45) is 1.83. The summed E-state index contributed by atoms with van der Waals surface area (Å²) in [5.74, 6) is 2.12. The number of rotatable bonds is 5. The summed E-state index contributed by atoms with van der Waals surface area (Å²) in [6, 6.07) is 7.73. The molecule has 1 fully saturated rings. The lowest BCUT2D eigenvalue weighted by molar-refractivity contribution is -0.137. The zero-order valence-electron chi connectivity index (χ0n) is 14.0. The first kappa shape index (κ1) is 15.8. The quantitative estimate of drug-likeness (QED) is 0.738. The van der Waals surface area contributed by atoms with Gasteiger partial charge in [0.2, 0.25) is 5.91 Å². The van der Waals surface area contributed by atoms with E-state index in [1.165, 1.54) is 0 Å². The van der Waals surface area contributed by atoms with Gasteiger partial charge in [0.15, 0.2) is 5.82 Å². The molecule has 3 aromatic rings. The number of ether oxygens (including phenoxy) is 1. The minimum absolute atomic E-state index is 0.0248. The van der Waals surface area contributed by atoms with Gasteiger partial charge in [0.05, 0.1) is 17.1 Å². The van der Waals surface area contributed by atoms with Crippen LogP contribution in [0.25, 0.3) is 11.0 Å². The monoisotopic (exact) mass is 340 g/mol. The van der Waals surface area contributed by atoms with Crippen LogP contribution in [0.2, 0.25) is 0 Å². The average molecular weight is 340 g/mol. The first-order valence-electron chi connectivity index (χ1n) is 8.40. The number of imidazole rings is 1. The largest absolute Gasteiger partial charge is 0.364 e. The number of fused-ring (bicyclic) bond motifs is 1. The molecule has 1 aromatic carbocycles. The molecule has 1 atom stereocenters. The van der Waals surface area contributed by atoms with Gasteiger partial charge in [-0.05, 0) is 31.9 Å². The van der Waals surface area contributed by atoms with Crippen molar-refractivity contribution in [3.8, 4) is 0 Å². The lowest BCUT2D eigenvalue weighted by atomic mass is 10.2. The number of aromatic nitrogens is 5. The van der Waals surface area contributed by atoms with Crippen molar-refractivity contribution in [1.82, 2.24) is 30.0 Å². The molecule has 3 heterocycles. The number of nitrogens with zero attached hydrogens (tertiary/aromatic N) is 4. The fourth-order valence-electron chi connectivity index (χ4n) is 3.23. The number of hydrogen-bond donors (Lipinski definition) is 2. The number of aryl methyl sites for hydroxylation is 1. The van der Waals surface area contributed by atoms with Crippen molar-refractivity contribution in [2.45, 2.75) is 32.4 Å². The van der Waals surface area contributed by atoms with E-state index < -0.39 is 0 Å². The molecule has 0 aliphatic carbocycles. The summed E-state index contributed by atoms with van der Waals surface area (Å²) in [6.45, 7) is 2.87. The molecule has 0 spiro atoms. The topological polar surface area (TPSA) is 99.8 Å². The van der Waals surface area contributed by atoms with Crippen LogP contribution in [0.5, 0.6) is 0 Å². The van der Waals surface area contributed by atoms with Gasteiger partial charge in [-0.25, -0.2) is 9.97 Å². The molecule has 1 amide bonds. The Balaban J connectivity index is 1.35. The van der Waals surface area contributed by atoms with E-state index in [2.05, 4.69) is 25.1 Å². The van der Waals surface area contributed by atoms with E-state index >= 15 is 0 Å². The van der Waals surface area contributed by atoms with E-state index in [0.717, 1.165) is 35.5 Å². The molecule has 1 aliphatic heterocycles. The molecule has 8 heteroatoms. The predicted octanol–water partition coefficient (Wildman–Crippen LogP) is 1.87. The van der Waals surface area contributed by atoms with Gasteiger partial charge in [-0.15, -0.1) is 0 Å². The molecule has 2 N–H and O–H groups in total. The van der Waals surface area contributed by atoms with E-state index in [4.69, 9.17) is 4.74 Å². The number of amides is 1. The maximum absolute atomic E-state index is 12.5. The number of likely N-dealkylation sites (tertiary alicyclic amines) is 1. The SMILES string of the molecule is Cc1nc(C2CCCN2C(=O)COCc2nc3ccccc3[nH]2)n[nH]1. The molecule has 130 valence electrons. The zero-order valence-corrected chi connectivity index (χ0v) is 14.0. The maximum Gasteiger partial charge on any atom is 0.249 e. The Morgan fingerprint density at radius 2 is 2.24 bits per heavy atom.